The first-order chi connectivity index (χ1) is 7.01. The Hall–Kier alpha value is -0.900. The summed E-state index contributed by atoms with van der Waals surface area (Å²) in [5.74, 6) is 1.86. The van der Waals surface area contributed by atoms with Gasteiger partial charge in [-0.3, -0.25) is 0 Å². The van der Waals surface area contributed by atoms with Crippen LogP contribution in [0.1, 0.15) is 52.3 Å². The highest BCUT2D eigenvalue weighted by Gasteiger charge is 2.28. The van der Waals surface area contributed by atoms with Gasteiger partial charge < -0.3 is 10.3 Å². The molecule has 0 spiro atoms. The van der Waals surface area contributed by atoms with E-state index in [-0.39, 0.29) is 0 Å². The number of hydrogen-bond donors (Lipinski definition) is 1. The van der Waals surface area contributed by atoms with Gasteiger partial charge in [-0.2, -0.15) is 4.98 Å². The number of nitrogens with zero attached hydrogens (tertiary/aromatic N) is 2. The molecule has 2 N–H and O–H groups in total. The summed E-state index contributed by atoms with van der Waals surface area (Å²) in [7, 11) is 0. The topological polar surface area (TPSA) is 64.9 Å². The molecule has 15 heavy (non-hydrogen) atoms. The quantitative estimate of drug-likeness (QED) is 0.811. The third-order valence-corrected chi connectivity index (χ3v) is 2.76. The first kappa shape index (κ1) is 12.2. The second-order valence-electron chi connectivity index (χ2n) is 4.47. The van der Waals surface area contributed by atoms with Crippen LogP contribution in [0.2, 0.25) is 0 Å². The SMILES string of the molecule is CCC(N)(CC)c1noc(CC(C)C)n1. The van der Waals surface area contributed by atoms with Gasteiger partial charge in [0.05, 0.1) is 5.54 Å². The highest BCUT2D eigenvalue weighted by Crippen LogP contribution is 2.23. The van der Waals surface area contributed by atoms with Gasteiger partial charge in [0, 0.05) is 6.42 Å². The van der Waals surface area contributed by atoms with Crippen molar-refractivity contribution >= 4 is 0 Å². The Balaban J connectivity index is 2.83. The largest absolute Gasteiger partial charge is 0.339 e. The highest BCUT2D eigenvalue weighted by molar-refractivity contribution is 5.03. The molecule has 1 aromatic rings. The summed E-state index contributed by atoms with van der Waals surface area (Å²) in [5.41, 5.74) is 5.75. The van der Waals surface area contributed by atoms with Gasteiger partial charge >= 0.3 is 0 Å². The van der Waals surface area contributed by atoms with E-state index in [4.69, 9.17) is 10.3 Å². The normalized spacial score (nSPS) is 12.4. The molecule has 0 fully saturated rings. The van der Waals surface area contributed by atoms with Crippen LogP contribution in [0.15, 0.2) is 4.52 Å². The molecule has 0 radical (unpaired) electrons. The van der Waals surface area contributed by atoms with Crippen molar-refractivity contribution < 1.29 is 4.52 Å². The minimum atomic E-state index is -0.432. The Morgan fingerprint density at radius 1 is 1.33 bits per heavy atom. The molecule has 4 nitrogen and oxygen atoms in total. The van der Waals surface area contributed by atoms with Gasteiger partial charge in [0.25, 0.3) is 0 Å². The number of nitrogens with two attached hydrogens (primary N) is 1. The summed E-state index contributed by atoms with van der Waals surface area (Å²) in [6.07, 6.45) is 2.46. The maximum absolute atomic E-state index is 6.18. The molecular weight excluding hydrogens is 190 g/mol. The second-order valence-corrected chi connectivity index (χ2v) is 4.47. The van der Waals surface area contributed by atoms with E-state index in [1.807, 2.05) is 13.8 Å². The van der Waals surface area contributed by atoms with Crippen LogP contribution in [0.3, 0.4) is 0 Å². The molecule has 0 atom stereocenters. The molecule has 0 saturated carbocycles. The fourth-order valence-electron chi connectivity index (χ4n) is 1.46. The summed E-state index contributed by atoms with van der Waals surface area (Å²) < 4.78 is 5.18. The average Bonchev–Trinajstić information content (AvgIpc) is 2.64. The van der Waals surface area contributed by atoms with E-state index in [1.54, 1.807) is 0 Å². The maximum Gasteiger partial charge on any atom is 0.226 e. The van der Waals surface area contributed by atoms with Crippen molar-refractivity contribution in [2.24, 2.45) is 11.7 Å². The van der Waals surface area contributed by atoms with E-state index in [1.165, 1.54) is 0 Å². The highest BCUT2D eigenvalue weighted by atomic mass is 16.5. The Morgan fingerprint density at radius 3 is 2.40 bits per heavy atom. The molecule has 0 unspecified atom stereocenters. The van der Waals surface area contributed by atoms with E-state index in [9.17, 15) is 0 Å². The molecule has 0 aliphatic carbocycles. The van der Waals surface area contributed by atoms with E-state index in [0.717, 1.165) is 19.3 Å². The third-order valence-electron chi connectivity index (χ3n) is 2.76. The third kappa shape index (κ3) is 2.78. The van der Waals surface area contributed by atoms with Crippen molar-refractivity contribution in [2.45, 2.75) is 52.5 Å². The predicted molar refractivity (Wildman–Crippen MR) is 59.3 cm³/mol. The molecule has 0 aliphatic rings. The van der Waals surface area contributed by atoms with Crippen LogP contribution < -0.4 is 5.73 Å². The Kier molecular flexibility index (Phi) is 3.85. The lowest BCUT2D eigenvalue weighted by Crippen LogP contribution is -2.36. The van der Waals surface area contributed by atoms with Crippen LogP contribution in [-0.4, -0.2) is 10.1 Å². The van der Waals surface area contributed by atoms with Gasteiger partial charge in [-0.05, 0) is 18.8 Å². The lowest BCUT2D eigenvalue weighted by molar-refractivity contribution is 0.329. The van der Waals surface area contributed by atoms with E-state index in [2.05, 4.69) is 24.0 Å². The Labute approximate surface area is 91.2 Å². The first-order valence-corrected chi connectivity index (χ1v) is 5.63. The second kappa shape index (κ2) is 4.75. The van der Waals surface area contributed by atoms with Crippen LogP contribution in [0.4, 0.5) is 0 Å². The van der Waals surface area contributed by atoms with Crippen molar-refractivity contribution in [2.75, 3.05) is 0 Å². The van der Waals surface area contributed by atoms with E-state index < -0.39 is 5.54 Å². The maximum atomic E-state index is 6.18. The zero-order valence-corrected chi connectivity index (χ0v) is 10.1. The summed E-state index contributed by atoms with van der Waals surface area (Å²) in [6.45, 7) is 8.34. The molecule has 0 saturated heterocycles. The van der Waals surface area contributed by atoms with Crippen LogP contribution in [0.25, 0.3) is 0 Å². The van der Waals surface area contributed by atoms with Gasteiger partial charge in [-0.15, -0.1) is 0 Å². The lowest BCUT2D eigenvalue weighted by Gasteiger charge is -2.21. The first-order valence-electron chi connectivity index (χ1n) is 5.63. The standard InChI is InChI=1S/C11H21N3O/c1-5-11(12,6-2)10-13-9(15-14-10)7-8(3)4/h8H,5-7,12H2,1-4H3. The van der Waals surface area contributed by atoms with Gasteiger partial charge in [-0.25, -0.2) is 0 Å². The van der Waals surface area contributed by atoms with Gasteiger partial charge in [0.15, 0.2) is 5.82 Å². The van der Waals surface area contributed by atoms with Gasteiger partial charge in [-0.1, -0.05) is 32.9 Å². The molecule has 0 amide bonds. The van der Waals surface area contributed by atoms with Crippen molar-refractivity contribution in [3.8, 4) is 0 Å². The predicted octanol–water partition coefficient (Wildman–Crippen LogP) is 2.24. The zero-order valence-electron chi connectivity index (χ0n) is 10.1. The monoisotopic (exact) mass is 211 g/mol. The fraction of sp³-hybridized carbons (Fsp3) is 0.818. The van der Waals surface area contributed by atoms with Crippen LogP contribution in [-0.2, 0) is 12.0 Å². The molecule has 1 aromatic heterocycles. The van der Waals surface area contributed by atoms with Crippen molar-refractivity contribution in [1.29, 1.82) is 0 Å². The van der Waals surface area contributed by atoms with E-state index >= 15 is 0 Å². The van der Waals surface area contributed by atoms with Crippen LogP contribution in [0.5, 0.6) is 0 Å². The zero-order chi connectivity index (χ0) is 11.5. The van der Waals surface area contributed by atoms with Gasteiger partial charge in [0.2, 0.25) is 5.89 Å². The van der Waals surface area contributed by atoms with Crippen molar-refractivity contribution in [1.82, 2.24) is 10.1 Å². The summed E-state index contributed by atoms with van der Waals surface area (Å²) in [5, 5.41) is 3.97. The lowest BCUT2D eigenvalue weighted by atomic mass is 9.93. The summed E-state index contributed by atoms with van der Waals surface area (Å²) in [4.78, 5) is 4.36. The van der Waals surface area contributed by atoms with Crippen LogP contribution in [0, 0.1) is 5.92 Å². The molecule has 0 bridgehead atoms. The summed E-state index contributed by atoms with van der Waals surface area (Å²) in [6, 6.07) is 0. The summed E-state index contributed by atoms with van der Waals surface area (Å²) >= 11 is 0. The minimum absolute atomic E-state index is 0.432. The van der Waals surface area contributed by atoms with Crippen molar-refractivity contribution in [3.05, 3.63) is 11.7 Å². The Morgan fingerprint density at radius 2 is 1.93 bits per heavy atom. The molecule has 1 rings (SSSR count). The molecule has 0 aromatic carbocycles. The Bertz CT molecular complexity index is 303. The average molecular weight is 211 g/mol. The fourth-order valence-corrected chi connectivity index (χ4v) is 1.46. The smallest absolute Gasteiger partial charge is 0.226 e. The number of aromatic nitrogens is 2. The molecule has 86 valence electrons. The number of rotatable bonds is 5. The van der Waals surface area contributed by atoms with Crippen molar-refractivity contribution in [3.63, 3.8) is 0 Å². The molecule has 0 aliphatic heterocycles. The molecular formula is C11H21N3O. The van der Waals surface area contributed by atoms with E-state index in [0.29, 0.717) is 17.6 Å². The minimum Gasteiger partial charge on any atom is -0.339 e. The molecule has 4 heteroatoms. The van der Waals surface area contributed by atoms with Gasteiger partial charge in [0.1, 0.15) is 0 Å². The molecule has 1 heterocycles. The van der Waals surface area contributed by atoms with Crippen LogP contribution >= 0.6 is 0 Å². The number of hydrogen-bond acceptors (Lipinski definition) is 4.